The molecule has 3 N–H and O–H groups in total. The molecule has 0 atom stereocenters. The van der Waals surface area contributed by atoms with Crippen LogP contribution in [-0.4, -0.2) is 41.3 Å². The Kier molecular flexibility index (Phi) is 5.50. The van der Waals surface area contributed by atoms with Crippen molar-refractivity contribution in [3.05, 3.63) is 52.9 Å². The summed E-state index contributed by atoms with van der Waals surface area (Å²) < 4.78 is 15.9. The largest absolute Gasteiger partial charge is 0.334 e. The number of thiazole rings is 1. The smallest absolute Gasteiger partial charge is 0.271 e. The van der Waals surface area contributed by atoms with Gasteiger partial charge in [-0.3, -0.25) is 4.79 Å². The number of anilines is 1. The molecular formula is C18H17FN8OS2. The van der Waals surface area contributed by atoms with Crippen LogP contribution in [0, 0.1) is 19.7 Å². The van der Waals surface area contributed by atoms with Gasteiger partial charge in [-0.2, -0.15) is 5.10 Å². The van der Waals surface area contributed by atoms with Crippen molar-refractivity contribution < 1.29 is 9.18 Å². The van der Waals surface area contributed by atoms with E-state index >= 15 is 0 Å². The van der Waals surface area contributed by atoms with Gasteiger partial charge in [-0.05, 0) is 44.2 Å². The first-order valence-electron chi connectivity index (χ1n) is 8.79. The van der Waals surface area contributed by atoms with Crippen molar-refractivity contribution in [3.8, 4) is 17.2 Å². The number of hydrogen-bond donors (Lipinski definition) is 2. The van der Waals surface area contributed by atoms with E-state index in [4.69, 9.17) is 5.84 Å². The zero-order valence-electron chi connectivity index (χ0n) is 16.0. The van der Waals surface area contributed by atoms with E-state index in [-0.39, 0.29) is 17.5 Å². The molecule has 1 aromatic carbocycles. The van der Waals surface area contributed by atoms with Crippen molar-refractivity contribution >= 4 is 34.1 Å². The van der Waals surface area contributed by atoms with Crippen molar-refractivity contribution in [2.24, 2.45) is 0 Å². The predicted octanol–water partition coefficient (Wildman–Crippen LogP) is 2.79. The molecule has 0 fully saturated rings. The second kappa shape index (κ2) is 8.24. The number of thioether (sulfide) groups is 1. The summed E-state index contributed by atoms with van der Waals surface area (Å²) in [5, 5.41) is 17.8. The quantitative estimate of drug-likeness (QED) is 0.347. The average Bonchev–Trinajstić information content (AvgIpc) is 3.40. The van der Waals surface area contributed by atoms with Gasteiger partial charge in [0.15, 0.2) is 5.13 Å². The number of aryl methyl sites for hydroxylation is 2. The van der Waals surface area contributed by atoms with Crippen molar-refractivity contribution in [2.75, 3.05) is 16.9 Å². The Morgan fingerprint density at radius 1 is 1.27 bits per heavy atom. The van der Waals surface area contributed by atoms with Crippen LogP contribution in [0.15, 0.2) is 40.9 Å². The minimum absolute atomic E-state index is 0.0813. The summed E-state index contributed by atoms with van der Waals surface area (Å²) in [7, 11) is 0. The van der Waals surface area contributed by atoms with Crippen molar-refractivity contribution in [3.63, 3.8) is 0 Å². The van der Waals surface area contributed by atoms with E-state index in [1.165, 1.54) is 28.1 Å². The van der Waals surface area contributed by atoms with Crippen LogP contribution in [0.3, 0.4) is 0 Å². The predicted molar refractivity (Wildman–Crippen MR) is 114 cm³/mol. The van der Waals surface area contributed by atoms with Gasteiger partial charge in [0.2, 0.25) is 11.1 Å². The molecule has 0 aliphatic heterocycles. The highest BCUT2D eigenvalue weighted by atomic mass is 32.2. The lowest BCUT2D eigenvalue weighted by Gasteiger charge is -2.05. The summed E-state index contributed by atoms with van der Waals surface area (Å²) in [5.74, 6) is 5.96. The van der Waals surface area contributed by atoms with Crippen molar-refractivity contribution in [1.82, 2.24) is 29.6 Å². The third kappa shape index (κ3) is 4.19. The molecule has 3 heterocycles. The zero-order chi connectivity index (χ0) is 21.3. The molecule has 3 aromatic heterocycles. The SMILES string of the molecule is Cc1cc(C)n(-c2nnc(SCC(=O)Nc3nc(-c4ccc(F)cc4)cs3)n2N)n1. The van der Waals surface area contributed by atoms with Gasteiger partial charge in [-0.1, -0.05) is 11.8 Å². The molecule has 0 radical (unpaired) electrons. The number of nitrogens with zero attached hydrogens (tertiary/aromatic N) is 6. The summed E-state index contributed by atoms with van der Waals surface area (Å²) in [6, 6.07) is 7.92. The molecule has 0 aliphatic carbocycles. The fraction of sp³-hybridized carbons (Fsp3) is 0.167. The second-order valence-electron chi connectivity index (χ2n) is 6.37. The van der Waals surface area contributed by atoms with Gasteiger partial charge in [0.1, 0.15) is 5.82 Å². The lowest BCUT2D eigenvalue weighted by molar-refractivity contribution is -0.113. The van der Waals surface area contributed by atoms with Gasteiger partial charge < -0.3 is 11.2 Å². The van der Waals surface area contributed by atoms with E-state index in [2.05, 4.69) is 25.6 Å². The van der Waals surface area contributed by atoms with Crippen LogP contribution in [0.5, 0.6) is 0 Å². The minimum Gasteiger partial charge on any atom is -0.334 e. The summed E-state index contributed by atoms with van der Waals surface area (Å²) in [6.07, 6.45) is 0. The van der Waals surface area contributed by atoms with E-state index < -0.39 is 0 Å². The number of nitrogen functional groups attached to an aromatic ring is 1. The highest BCUT2D eigenvalue weighted by Crippen LogP contribution is 2.25. The monoisotopic (exact) mass is 444 g/mol. The van der Waals surface area contributed by atoms with E-state index in [1.54, 1.807) is 22.2 Å². The van der Waals surface area contributed by atoms with Gasteiger partial charge in [-0.15, -0.1) is 21.5 Å². The molecule has 4 aromatic rings. The number of amides is 1. The second-order valence-corrected chi connectivity index (χ2v) is 8.17. The highest BCUT2D eigenvalue weighted by Gasteiger charge is 2.16. The number of nitrogens with two attached hydrogens (primary N) is 1. The molecule has 0 bridgehead atoms. The van der Waals surface area contributed by atoms with Gasteiger partial charge in [0, 0.05) is 16.6 Å². The molecule has 0 spiro atoms. The number of carbonyl (C=O) groups excluding carboxylic acids is 1. The van der Waals surface area contributed by atoms with Crippen molar-refractivity contribution in [1.29, 1.82) is 0 Å². The first-order valence-corrected chi connectivity index (χ1v) is 10.7. The van der Waals surface area contributed by atoms with Gasteiger partial charge in [-0.25, -0.2) is 18.7 Å². The Morgan fingerprint density at radius 3 is 2.73 bits per heavy atom. The molecule has 9 nitrogen and oxygen atoms in total. The number of nitrogens with one attached hydrogen (secondary N) is 1. The van der Waals surface area contributed by atoms with E-state index in [9.17, 15) is 9.18 Å². The number of benzene rings is 1. The number of rotatable bonds is 6. The van der Waals surface area contributed by atoms with Gasteiger partial charge in [0.25, 0.3) is 5.95 Å². The Hall–Kier alpha value is -3.25. The average molecular weight is 445 g/mol. The molecular weight excluding hydrogens is 427 g/mol. The van der Waals surface area contributed by atoms with Gasteiger partial charge in [0.05, 0.1) is 17.1 Å². The fourth-order valence-electron chi connectivity index (χ4n) is 2.71. The highest BCUT2D eigenvalue weighted by molar-refractivity contribution is 7.99. The molecule has 1 amide bonds. The Bertz CT molecular complexity index is 1200. The van der Waals surface area contributed by atoms with Crippen LogP contribution < -0.4 is 11.2 Å². The van der Waals surface area contributed by atoms with Gasteiger partial charge >= 0.3 is 0 Å². The normalized spacial score (nSPS) is 11.0. The van der Waals surface area contributed by atoms with E-state index in [1.807, 2.05) is 19.9 Å². The maximum Gasteiger partial charge on any atom is 0.271 e. The molecule has 30 heavy (non-hydrogen) atoms. The maximum absolute atomic E-state index is 13.0. The van der Waals surface area contributed by atoms with Crippen LogP contribution in [0.2, 0.25) is 0 Å². The van der Waals surface area contributed by atoms with E-state index in [0.29, 0.717) is 21.9 Å². The third-order valence-corrected chi connectivity index (χ3v) is 5.77. The lowest BCUT2D eigenvalue weighted by Crippen LogP contribution is -2.18. The van der Waals surface area contributed by atoms with Crippen LogP contribution in [-0.2, 0) is 4.79 Å². The summed E-state index contributed by atoms with van der Waals surface area (Å²) in [5.41, 5.74) is 3.16. The Labute approximate surface area is 179 Å². The molecule has 0 saturated carbocycles. The minimum atomic E-state index is -0.312. The first-order chi connectivity index (χ1) is 14.4. The number of halogens is 1. The molecule has 0 aliphatic rings. The number of hydrogen-bond acceptors (Lipinski definition) is 8. The summed E-state index contributed by atoms with van der Waals surface area (Å²) >= 11 is 2.45. The molecule has 4 rings (SSSR count). The zero-order valence-corrected chi connectivity index (χ0v) is 17.7. The standard InChI is InChI=1S/C18H17FN8OS2/c1-10-7-11(2)27(25-10)17-23-24-18(26(17)20)30-9-15(28)22-16-21-14(8-29-16)12-3-5-13(19)6-4-12/h3-8H,9,20H2,1-2H3,(H,21,22,28). The molecule has 0 saturated heterocycles. The van der Waals surface area contributed by atoms with Crippen LogP contribution in [0.4, 0.5) is 9.52 Å². The molecule has 0 unspecified atom stereocenters. The first kappa shape index (κ1) is 20.0. The fourth-order valence-corrected chi connectivity index (χ4v) is 4.10. The summed E-state index contributed by atoms with van der Waals surface area (Å²) in [6.45, 7) is 3.77. The lowest BCUT2D eigenvalue weighted by atomic mass is 10.2. The van der Waals surface area contributed by atoms with Crippen LogP contribution >= 0.6 is 23.1 Å². The number of carbonyl (C=O) groups is 1. The Balaban J connectivity index is 1.38. The van der Waals surface area contributed by atoms with Crippen molar-refractivity contribution in [2.45, 2.75) is 19.0 Å². The van der Waals surface area contributed by atoms with Crippen LogP contribution in [0.1, 0.15) is 11.4 Å². The summed E-state index contributed by atoms with van der Waals surface area (Å²) in [4.78, 5) is 16.7. The third-order valence-electron chi connectivity index (χ3n) is 4.07. The molecule has 12 heteroatoms. The van der Waals surface area contributed by atoms with Crippen LogP contribution in [0.25, 0.3) is 17.2 Å². The maximum atomic E-state index is 13.0. The van der Waals surface area contributed by atoms with E-state index in [0.717, 1.165) is 28.7 Å². The molecule has 154 valence electrons. The Morgan fingerprint density at radius 2 is 2.03 bits per heavy atom. The topological polar surface area (TPSA) is 117 Å². The number of aromatic nitrogens is 6.